The fraction of sp³-hybridized carbons (Fsp3) is 0.909. The molecular formula is C11H19NO3S. The molecule has 0 saturated carbocycles. The van der Waals surface area contributed by atoms with Crippen molar-refractivity contribution in [3.63, 3.8) is 0 Å². The van der Waals surface area contributed by atoms with Crippen LogP contribution in [0.3, 0.4) is 0 Å². The third-order valence-corrected chi connectivity index (χ3v) is 4.30. The van der Waals surface area contributed by atoms with Crippen LogP contribution >= 0.6 is 11.8 Å². The Balaban J connectivity index is 2.18. The van der Waals surface area contributed by atoms with Crippen molar-refractivity contribution in [2.24, 2.45) is 5.92 Å². The van der Waals surface area contributed by atoms with Crippen LogP contribution in [0.1, 0.15) is 20.8 Å². The molecule has 0 amide bonds. The number of fused-ring (bicyclic) bond motifs is 1. The van der Waals surface area contributed by atoms with E-state index in [1.807, 2.05) is 16.8 Å². The second-order valence-corrected chi connectivity index (χ2v) is 6.39. The lowest BCUT2D eigenvalue weighted by molar-refractivity contribution is -0.217. The van der Waals surface area contributed by atoms with E-state index >= 15 is 0 Å². The Labute approximate surface area is 101 Å². The first kappa shape index (κ1) is 12.2. The molecule has 2 aliphatic rings. The Hall–Kier alpha value is -0.260. The minimum Gasteiger partial charge on any atom is -0.467 e. The molecule has 2 heterocycles. The third-order valence-electron chi connectivity index (χ3n) is 3.11. The van der Waals surface area contributed by atoms with Gasteiger partial charge in [0.15, 0.2) is 6.10 Å². The summed E-state index contributed by atoms with van der Waals surface area (Å²) in [6.45, 7) is 6.31. The van der Waals surface area contributed by atoms with E-state index in [1.165, 1.54) is 7.11 Å². The van der Waals surface area contributed by atoms with Gasteiger partial charge in [-0.1, -0.05) is 0 Å². The van der Waals surface area contributed by atoms with Crippen molar-refractivity contribution in [1.82, 2.24) is 5.06 Å². The number of carbonyl (C=O) groups is 1. The van der Waals surface area contributed by atoms with Gasteiger partial charge in [0.2, 0.25) is 0 Å². The summed E-state index contributed by atoms with van der Waals surface area (Å²) < 4.78 is 4.80. The minimum atomic E-state index is -0.413. The Morgan fingerprint density at radius 1 is 1.44 bits per heavy atom. The highest BCUT2D eigenvalue weighted by Crippen LogP contribution is 2.41. The molecule has 0 aromatic carbocycles. The van der Waals surface area contributed by atoms with E-state index in [0.717, 1.165) is 11.5 Å². The topological polar surface area (TPSA) is 38.8 Å². The maximum absolute atomic E-state index is 11.6. The Morgan fingerprint density at radius 2 is 2.12 bits per heavy atom. The first-order chi connectivity index (χ1) is 7.45. The number of hydroxylamine groups is 2. The lowest BCUT2D eigenvalue weighted by Crippen LogP contribution is -2.45. The van der Waals surface area contributed by atoms with Crippen molar-refractivity contribution in [3.8, 4) is 0 Å². The van der Waals surface area contributed by atoms with Gasteiger partial charge in [-0.25, -0.2) is 4.79 Å². The quantitative estimate of drug-likeness (QED) is 0.651. The van der Waals surface area contributed by atoms with Crippen molar-refractivity contribution >= 4 is 17.7 Å². The van der Waals surface area contributed by atoms with Gasteiger partial charge >= 0.3 is 5.97 Å². The first-order valence-corrected chi connectivity index (χ1v) is 6.72. The summed E-state index contributed by atoms with van der Waals surface area (Å²) in [5.74, 6) is 2.05. The van der Waals surface area contributed by atoms with Gasteiger partial charge in [-0.3, -0.25) is 4.84 Å². The highest BCUT2D eigenvalue weighted by atomic mass is 32.2. The molecule has 0 bridgehead atoms. The molecule has 0 aromatic heterocycles. The molecule has 2 fully saturated rings. The van der Waals surface area contributed by atoms with Crippen molar-refractivity contribution in [2.75, 3.05) is 18.6 Å². The van der Waals surface area contributed by atoms with Crippen molar-refractivity contribution in [3.05, 3.63) is 0 Å². The molecule has 92 valence electrons. The maximum atomic E-state index is 11.6. The van der Waals surface area contributed by atoms with Crippen LogP contribution in [0.5, 0.6) is 0 Å². The van der Waals surface area contributed by atoms with E-state index in [0.29, 0.717) is 6.04 Å². The van der Waals surface area contributed by atoms with Crippen molar-refractivity contribution in [1.29, 1.82) is 0 Å². The number of hydrogen-bond donors (Lipinski definition) is 0. The maximum Gasteiger partial charge on any atom is 0.337 e. The number of methoxy groups -OCH3 is 1. The SMILES string of the molecule is COC(=O)[C@H]1ON(C(C)(C)C)[C@@H]2CSC[C@H]12. The summed E-state index contributed by atoms with van der Waals surface area (Å²) in [6.07, 6.45) is -0.413. The van der Waals surface area contributed by atoms with E-state index < -0.39 is 6.10 Å². The molecule has 2 rings (SSSR count). The van der Waals surface area contributed by atoms with Crippen molar-refractivity contribution in [2.45, 2.75) is 38.5 Å². The summed E-state index contributed by atoms with van der Waals surface area (Å²) in [6, 6.07) is 0.342. The average Bonchev–Trinajstić information content (AvgIpc) is 2.74. The monoisotopic (exact) mass is 245 g/mol. The summed E-state index contributed by atoms with van der Waals surface area (Å²) in [7, 11) is 1.42. The average molecular weight is 245 g/mol. The van der Waals surface area contributed by atoms with Gasteiger partial charge in [0.1, 0.15) is 0 Å². The predicted octanol–water partition coefficient (Wildman–Crippen LogP) is 1.31. The highest BCUT2D eigenvalue weighted by Gasteiger charge is 2.52. The molecule has 16 heavy (non-hydrogen) atoms. The summed E-state index contributed by atoms with van der Waals surface area (Å²) in [5, 5.41) is 1.99. The fourth-order valence-electron chi connectivity index (χ4n) is 2.36. The highest BCUT2D eigenvalue weighted by molar-refractivity contribution is 7.99. The van der Waals surface area contributed by atoms with Crippen LogP contribution in [0, 0.1) is 5.92 Å². The zero-order valence-electron chi connectivity index (χ0n) is 10.2. The van der Waals surface area contributed by atoms with Gasteiger partial charge in [0.25, 0.3) is 0 Å². The van der Waals surface area contributed by atoms with E-state index in [2.05, 4.69) is 20.8 Å². The Kier molecular flexibility index (Phi) is 3.20. The first-order valence-electron chi connectivity index (χ1n) is 5.57. The number of esters is 1. The summed E-state index contributed by atoms with van der Waals surface area (Å²) >= 11 is 1.89. The van der Waals surface area contributed by atoms with Gasteiger partial charge in [-0.2, -0.15) is 16.8 Å². The van der Waals surface area contributed by atoms with Crippen LogP contribution in [0.25, 0.3) is 0 Å². The molecule has 2 saturated heterocycles. The molecule has 0 radical (unpaired) electrons. The number of thioether (sulfide) groups is 1. The Morgan fingerprint density at radius 3 is 2.69 bits per heavy atom. The van der Waals surface area contributed by atoms with E-state index in [9.17, 15) is 4.79 Å². The van der Waals surface area contributed by atoms with Crippen LogP contribution in [0.4, 0.5) is 0 Å². The van der Waals surface area contributed by atoms with Crippen LogP contribution < -0.4 is 0 Å². The fourth-order valence-corrected chi connectivity index (χ4v) is 3.79. The molecule has 0 spiro atoms. The number of hydrogen-bond acceptors (Lipinski definition) is 5. The van der Waals surface area contributed by atoms with Gasteiger partial charge in [0.05, 0.1) is 13.2 Å². The van der Waals surface area contributed by atoms with E-state index in [1.54, 1.807) is 0 Å². The largest absolute Gasteiger partial charge is 0.467 e. The van der Waals surface area contributed by atoms with E-state index in [-0.39, 0.29) is 17.4 Å². The van der Waals surface area contributed by atoms with Crippen LogP contribution in [-0.2, 0) is 14.4 Å². The number of carbonyl (C=O) groups excluding carboxylic acids is 1. The number of rotatable bonds is 1. The molecule has 4 nitrogen and oxygen atoms in total. The third kappa shape index (κ3) is 1.96. The second kappa shape index (κ2) is 4.20. The minimum absolute atomic E-state index is 0.0728. The predicted molar refractivity (Wildman–Crippen MR) is 63.1 cm³/mol. The summed E-state index contributed by atoms with van der Waals surface area (Å²) in [4.78, 5) is 17.4. The zero-order chi connectivity index (χ0) is 11.9. The molecule has 3 atom stereocenters. The van der Waals surface area contributed by atoms with Gasteiger partial charge < -0.3 is 4.74 Å². The van der Waals surface area contributed by atoms with Crippen LogP contribution in [0.15, 0.2) is 0 Å². The molecule has 0 aliphatic carbocycles. The normalized spacial score (nSPS) is 35.1. The Bertz CT molecular complexity index is 289. The molecule has 0 aromatic rings. The molecule has 0 unspecified atom stereocenters. The van der Waals surface area contributed by atoms with Gasteiger partial charge in [-0.05, 0) is 20.8 Å². The number of nitrogens with zero attached hydrogens (tertiary/aromatic N) is 1. The van der Waals surface area contributed by atoms with Crippen LogP contribution in [0.2, 0.25) is 0 Å². The zero-order valence-corrected chi connectivity index (χ0v) is 11.0. The standard InChI is InChI=1S/C11H19NO3S/c1-11(2,3)12-8-6-16-5-7(8)9(15-12)10(13)14-4/h7-9H,5-6H2,1-4H3/t7-,8+,9-/m0/s1. The molecule has 2 aliphatic heterocycles. The van der Waals surface area contributed by atoms with Crippen LogP contribution in [-0.4, -0.2) is 47.3 Å². The second-order valence-electron chi connectivity index (χ2n) is 5.31. The van der Waals surface area contributed by atoms with Gasteiger partial charge in [0, 0.05) is 23.0 Å². The summed E-state index contributed by atoms with van der Waals surface area (Å²) in [5.41, 5.74) is -0.0728. The lowest BCUT2D eigenvalue weighted by Gasteiger charge is -2.34. The number of ether oxygens (including phenoxy) is 1. The molecule has 0 N–H and O–H groups in total. The molecular weight excluding hydrogens is 226 g/mol. The van der Waals surface area contributed by atoms with Crippen molar-refractivity contribution < 1.29 is 14.4 Å². The van der Waals surface area contributed by atoms with E-state index in [4.69, 9.17) is 9.57 Å². The lowest BCUT2D eigenvalue weighted by atomic mass is 9.96. The van der Waals surface area contributed by atoms with Gasteiger partial charge in [-0.15, -0.1) is 0 Å². The smallest absolute Gasteiger partial charge is 0.337 e. The molecule has 5 heteroatoms.